The van der Waals surface area contributed by atoms with Crippen LogP contribution in [0.15, 0.2) is 29.2 Å². The van der Waals surface area contributed by atoms with Gasteiger partial charge < -0.3 is 4.90 Å². The molecule has 0 saturated carbocycles. The molecule has 1 saturated heterocycles. The monoisotopic (exact) mass is 312 g/mol. The van der Waals surface area contributed by atoms with E-state index in [2.05, 4.69) is 9.79 Å². The van der Waals surface area contributed by atoms with Gasteiger partial charge in [-0.05, 0) is 50.0 Å². The molecule has 21 heavy (non-hydrogen) atoms. The van der Waals surface area contributed by atoms with Gasteiger partial charge in [-0.25, -0.2) is 8.42 Å². The van der Waals surface area contributed by atoms with Gasteiger partial charge in [-0.3, -0.25) is 4.84 Å². The van der Waals surface area contributed by atoms with Gasteiger partial charge in [-0.15, -0.1) is 0 Å². The van der Waals surface area contributed by atoms with E-state index in [1.165, 1.54) is 19.3 Å². The van der Waals surface area contributed by atoms with Crippen LogP contribution >= 0.6 is 0 Å². The topological polar surface area (TPSA) is 58.6 Å². The maximum absolute atomic E-state index is 12.0. The highest BCUT2D eigenvalue weighted by Crippen LogP contribution is 2.11. The molecule has 1 fully saturated rings. The Hall–Kier alpha value is -0.950. The lowest BCUT2D eigenvalue weighted by atomic mass is 10.1. The molecule has 0 spiro atoms. The summed E-state index contributed by atoms with van der Waals surface area (Å²) in [5.41, 5.74) is 1.11. The van der Waals surface area contributed by atoms with E-state index in [1.807, 2.05) is 19.1 Å². The second-order valence-electron chi connectivity index (χ2n) is 5.34. The first-order valence-electron chi connectivity index (χ1n) is 7.57. The van der Waals surface area contributed by atoms with Crippen LogP contribution in [-0.2, 0) is 21.3 Å². The highest BCUT2D eigenvalue weighted by Gasteiger charge is 2.14. The molecule has 118 valence electrons. The molecule has 5 nitrogen and oxygen atoms in total. The highest BCUT2D eigenvalue weighted by atomic mass is 32.2. The van der Waals surface area contributed by atoms with Crippen LogP contribution in [0.3, 0.4) is 0 Å². The average Bonchev–Trinajstić information content (AvgIpc) is 2.53. The van der Waals surface area contributed by atoms with Crippen LogP contribution < -0.4 is 4.89 Å². The molecule has 6 heteroatoms. The van der Waals surface area contributed by atoms with E-state index in [4.69, 9.17) is 4.84 Å². The molecule has 0 aromatic heterocycles. The molecule has 1 aromatic rings. The summed E-state index contributed by atoms with van der Waals surface area (Å²) in [4.78, 5) is 9.86. The van der Waals surface area contributed by atoms with Crippen LogP contribution in [0.4, 0.5) is 0 Å². The zero-order valence-electron chi connectivity index (χ0n) is 12.5. The molecule has 0 aliphatic carbocycles. The first-order valence-corrected chi connectivity index (χ1v) is 9.05. The summed E-state index contributed by atoms with van der Waals surface area (Å²) in [6, 6.07) is 6.86. The third-order valence-electron chi connectivity index (χ3n) is 3.77. The molecular formula is C15H24N2O3S. The molecule has 1 aliphatic heterocycles. The van der Waals surface area contributed by atoms with Crippen molar-refractivity contribution in [2.24, 2.45) is 0 Å². The quantitative estimate of drug-likeness (QED) is 0.617. The molecule has 2 rings (SSSR count). The van der Waals surface area contributed by atoms with E-state index in [0.717, 1.165) is 31.6 Å². The van der Waals surface area contributed by atoms with Crippen LogP contribution in [0.2, 0.25) is 0 Å². The summed E-state index contributed by atoms with van der Waals surface area (Å²) in [5.74, 6) is 0. The summed E-state index contributed by atoms with van der Waals surface area (Å²) in [6.45, 7) is 5.32. The predicted molar refractivity (Wildman–Crippen MR) is 82.4 cm³/mol. The van der Waals surface area contributed by atoms with Crippen molar-refractivity contribution in [3.63, 3.8) is 0 Å². The third-order valence-corrected chi connectivity index (χ3v) is 5.00. The molecule has 0 radical (unpaired) electrons. The third kappa shape index (κ3) is 5.07. The Morgan fingerprint density at radius 3 is 2.43 bits per heavy atom. The Morgan fingerprint density at radius 2 is 1.81 bits per heavy atom. The van der Waals surface area contributed by atoms with Crippen molar-refractivity contribution < 1.29 is 13.3 Å². The number of hydrogen-bond donors (Lipinski definition) is 1. The van der Waals surface area contributed by atoms with Crippen molar-refractivity contribution in [1.29, 1.82) is 0 Å². The van der Waals surface area contributed by atoms with Crippen LogP contribution in [0.5, 0.6) is 0 Å². The van der Waals surface area contributed by atoms with E-state index in [9.17, 15) is 8.42 Å². The number of nitrogens with one attached hydrogen (secondary N) is 1. The maximum Gasteiger partial charge on any atom is 0.262 e. The van der Waals surface area contributed by atoms with Crippen molar-refractivity contribution in [2.45, 2.75) is 37.5 Å². The van der Waals surface area contributed by atoms with Gasteiger partial charge in [-0.2, -0.15) is 0 Å². The second-order valence-corrected chi connectivity index (χ2v) is 6.98. The van der Waals surface area contributed by atoms with Crippen LogP contribution in [0.25, 0.3) is 0 Å². The first-order chi connectivity index (χ1) is 10.1. The average molecular weight is 312 g/mol. The second kappa shape index (κ2) is 7.89. The van der Waals surface area contributed by atoms with Crippen molar-refractivity contribution in [2.75, 3.05) is 26.2 Å². The minimum Gasteiger partial charge on any atom is -0.301 e. The van der Waals surface area contributed by atoms with Crippen molar-refractivity contribution in [3.05, 3.63) is 29.8 Å². The Kier molecular flexibility index (Phi) is 6.17. The molecule has 1 N–H and O–H groups in total. The standard InChI is InChI=1S/C15H24N2O3S/c1-2-14-6-8-15(9-7-14)21(18,19)16-20-13-12-17-10-4-3-5-11-17/h6-9,16H,2-5,10-13H2,1H3. The predicted octanol–water partition coefficient (Wildman–Crippen LogP) is 1.94. The summed E-state index contributed by atoms with van der Waals surface area (Å²) in [6.07, 6.45) is 4.61. The summed E-state index contributed by atoms with van der Waals surface area (Å²) < 4.78 is 24.1. The number of rotatable bonds is 7. The van der Waals surface area contributed by atoms with Crippen LogP contribution in [0, 0.1) is 0 Å². The molecule has 0 atom stereocenters. The van der Waals surface area contributed by atoms with Gasteiger partial charge in [0.2, 0.25) is 0 Å². The van der Waals surface area contributed by atoms with Crippen LogP contribution in [0.1, 0.15) is 31.7 Å². The fourth-order valence-electron chi connectivity index (χ4n) is 2.43. The van der Waals surface area contributed by atoms with Gasteiger partial charge in [0.15, 0.2) is 0 Å². The Balaban J connectivity index is 1.77. The number of nitrogens with zero attached hydrogens (tertiary/aromatic N) is 1. The molecule has 0 bridgehead atoms. The number of likely N-dealkylation sites (tertiary alicyclic amines) is 1. The Morgan fingerprint density at radius 1 is 1.14 bits per heavy atom. The SMILES string of the molecule is CCc1ccc(S(=O)(=O)NOCCN2CCCCC2)cc1. The number of aryl methyl sites for hydroxylation is 1. The van der Waals surface area contributed by atoms with Gasteiger partial charge >= 0.3 is 0 Å². The molecular weight excluding hydrogens is 288 g/mol. The van der Waals surface area contributed by atoms with Gasteiger partial charge in [0.25, 0.3) is 10.0 Å². The van der Waals surface area contributed by atoms with Crippen molar-refractivity contribution in [1.82, 2.24) is 9.79 Å². The molecule has 1 heterocycles. The lowest BCUT2D eigenvalue weighted by Gasteiger charge is -2.25. The minimum atomic E-state index is -3.58. The summed E-state index contributed by atoms with van der Waals surface area (Å²) in [7, 11) is -3.58. The van der Waals surface area contributed by atoms with Gasteiger partial charge in [0.1, 0.15) is 0 Å². The zero-order valence-corrected chi connectivity index (χ0v) is 13.4. The van der Waals surface area contributed by atoms with E-state index < -0.39 is 10.0 Å². The molecule has 0 amide bonds. The summed E-state index contributed by atoms with van der Waals surface area (Å²) in [5, 5.41) is 0. The summed E-state index contributed by atoms with van der Waals surface area (Å²) >= 11 is 0. The number of benzene rings is 1. The van der Waals surface area contributed by atoms with Crippen LogP contribution in [-0.4, -0.2) is 39.6 Å². The van der Waals surface area contributed by atoms with E-state index in [0.29, 0.717) is 6.61 Å². The maximum atomic E-state index is 12.0. The zero-order chi connectivity index (χ0) is 15.1. The minimum absolute atomic E-state index is 0.234. The normalized spacial score (nSPS) is 17.0. The Bertz CT molecular complexity index is 522. The fourth-order valence-corrected chi connectivity index (χ4v) is 3.26. The Labute approximate surface area is 127 Å². The van der Waals surface area contributed by atoms with Crippen molar-refractivity contribution in [3.8, 4) is 0 Å². The highest BCUT2D eigenvalue weighted by molar-refractivity contribution is 7.89. The van der Waals surface area contributed by atoms with E-state index in [-0.39, 0.29) is 4.90 Å². The first kappa shape index (κ1) is 16.4. The largest absolute Gasteiger partial charge is 0.301 e. The molecule has 0 unspecified atom stereocenters. The fraction of sp³-hybridized carbons (Fsp3) is 0.600. The van der Waals surface area contributed by atoms with Gasteiger partial charge in [0.05, 0.1) is 11.5 Å². The lowest BCUT2D eigenvalue weighted by Crippen LogP contribution is -2.35. The van der Waals surface area contributed by atoms with Gasteiger partial charge in [-0.1, -0.05) is 30.4 Å². The number of sulfonamides is 1. The molecule has 1 aliphatic rings. The lowest BCUT2D eigenvalue weighted by molar-refractivity contribution is 0.0656. The number of piperidine rings is 1. The van der Waals surface area contributed by atoms with E-state index in [1.54, 1.807) is 12.1 Å². The molecule has 1 aromatic carbocycles. The van der Waals surface area contributed by atoms with Crippen molar-refractivity contribution >= 4 is 10.0 Å². The smallest absolute Gasteiger partial charge is 0.262 e. The van der Waals surface area contributed by atoms with Gasteiger partial charge in [0, 0.05) is 6.54 Å². The number of hydrogen-bond acceptors (Lipinski definition) is 4. The van der Waals surface area contributed by atoms with E-state index >= 15 is 0 Å².